The lowest BCUT2D eigenvalue weighted by molar-refractivity contribution is -0.138. The zero-order valence-corrected chi connectivity index (χ0v) is 17.0. The van der Waals surface area contributed by atoms with Crippen LogP contribution in [0.5, 0.6) is 11.5 Å². The van der Waals surface area contributed by atoms with Gasteiger partial charge in [0, 0.05) is 11.9 Å². The Morgan fingerprint density at radius 2 is 1.24 bits per heavy atom. The summed E-state index contributed by atoms with van der Waals surface area (Å²) in [7, 11) is 1.75. The molecule has 0 fully saturated rings. The molecular weight excluding hydrogens is 468 g/mol. The van der Waals surface area contributed by atoms with Crippen LogP contribution in [0.3, 0.4) is 0 Å². The number of rotatable bonds is 7. The minimum atomic E-state index is -4.32. The third kappa shape index (κ3) is 9.89. The molecule has 10 heteroatoms. The second kappa shape index (κ2) is 11.9. The van der Waals surface area contributed by atoms with Crippen molar-refractivity contribution >= 4 is 15.9 Å². The van der Waals surface area contributed by atoms with Crippen molar-refractivity contribution in [2.75, 3.05) is 32.1 Å². The van der Waals surface area contributed by atoms with E-state index in [1.54, 1.807) is 7.05 Å². The highest BCUT2D eigenvalue weighted by atomic mass is 79.9. The molecule has 0 aliphatic heterocycles. The van der Waals surface area contributed by atoms with E-state index in [2.05, 4.69) is 21.2 Å². The summed E-state index contributed by atoms with van der Waals surface area (Å²) < 4.78 is 83.7. The molecule has 1 N–H and O–H groups in total. The molecule has 0 amide bonds. The van der Waals surface area contributed by atoms with Crippen LogP contribution in [0.25, 0.3) is 0 Å². The van der Waals surface area contributed by atoms with Gasteiger partial charge in [-0.15, -0.1) is 0 Å². The van der Waals surface area contributed by atoms with Crippen LogP contribution in [-0.4, -0.2) is 32.1 Å². The first-order valence-electron chi connectivity index (χ1n) is 8.38. The number of alkyl halides is 7. The van der Waals surface area contributed by atoms with E-state index >= 15 is 0 Å². The van der Waals surface area contributed by atoms with Crippen LogP contribution in [0.1, 0.15) is 11.1 Å². The second-order valence-corrected chi connectivity index (χ2v) is 6.33. The Bertz CT molecular complexity index is 737. The molecule has 2 rings (SSSR count). The third-order valence-electron chi connectivity index (χ3n) is 3.29. The summed E-state index contributed by atoms with van der Waals surface area (Å²) in [6.07, 6.45) is -8.63. The molecule has 0 spiro atoms. The van der Waals surface area contributed by atoms with Crippen molar-refractivity contribution in [3.63, 3.8) is 0 Å². The first-order valence-corrected chi connectivity index (χ1v) is 9.50. The standard InChI is InChI=1S/C10H12F3NO.C9H8BrF3O/c1-14-5-6-15-9-4-2-3-8(7-9)10(11,12)13;10-4-5-14-8-3-1-2-7(6-8)9(11,12)13/h2-4,7,14H,5-6H2,1H3;1-3,6H,4-5H2. The highest BCUT2D eigenvalue weighted by Gasteiger charge is 2.31. The summed E-state index contributed by atoms with van der Waals surface area (Å²) in [5.74, 6) is 0.472. The molecule has 0 saturated carbocycles. The van der Waals surface area contributed by atoms with Gasteiger partial charge in [-0.3, -0.25) is 0 Å². The van der Waals surface area contributed by atoms with E-state index in [9.17, 15) is 26.3 Å². The van der Waals surface area contributed by atoms with Gasteiger partial charge >= 0.3 is 12.4 Å². The maximum atomic E-state index is 12.3. The van der Waals surface area contributed by atoms with Gasteiger partial charge in [-0.05, 0) is 43.4 Å². The van der Waals surface area contributed by atoms with Crippen molar-refractivity contribution in [2.24, 2.45) is 0 Å². The Labute approximate surface area is 173 Å². The van der Waals surface area contributed by atoms with E-state index in [0.717, 1.165) is 24.3 Å². The monoisotopic (exact) mass is 487 g/mol. The highest BCUT2D eigenvalue weighted by Crippen LogP contribution is 2.32. The molecule has 2 aromatic carbocycles. The van der Waals surface area contributed by atoms with Gasteiger partial charge in [0.25, 0.3) is 0 Å². The molecule has 0 heterocycles. The van der Waals surface area contributed by atoms with Crippen LogP contribution in [0, 0.1) is 0 Å². The number of likely N-dealkylation sites (N-methyl/N-ethyl adjacent to an activating group) is 1. The van der Waals surface area contributed by atoms with Crippen molar-refractivity contribution in [1.29, 1.82) is 0 Å². The van der Waals surface area contributed by atoms with Gasteiger partial charge in [0.2, 0.25) is 0 Å². The average Bonchev–Trinajstić information content (AvgIpc) is 2.66. The Kier molecular flexibility index (Phi) is 10.3. The average molecular weight is 488 g/mol. The van der Waals surface area contributed by atoms with Gasteiger partial charge in [0.1, 0.15) is 18.1 Å². The summed E-state index contributed by atoms with van der Waals surface area (Å²) in [6, 6.07) is 9.68. The summed E-state index contributed by atoms with van der Waals surface area (Å²) in [5, 5.41) is 3.42. The second-order valence-electron chi connectivity index (χ2n) is 5.54. The predicted molar refractivity (Wildman–Crippen MR) is 102 cm³/mol. The molecule has 162 valence electrons. The molecule has 0 bridgehead atoms. The Morgan fingerprint density at radius 3 is 1.62 bits per heavy atom. The van der Waals surface area contributed by atoms with Crippen molar-refractivity contribution in [3.05, 3.63) is 59.7 Å². The van der Waals surface area contributed by atoms with Gasteiger partial charge in [0.05, 0.1) is 17.7 Å². The maximum absolute atomic E-state index is 12.3. The van der Waals surface area contributed by atoms with E-state index < -0.39 is 23.5 Å². The number of hydrogen-bond donors (Lipinski definition) is 1. The van der Waals surface area contributed by atoms with Crippen LogP contribution in [0.4, 0.5) is 26.3 Å². The van der Waals surface area contributed by atoms with E-state index in [1.807, 2.05) is 0 Å². The lowest BCUT2D eigenvalue weighted by atomic mass is 10.2. The highest BCUT2D eigenvalue weighted by molar-refractivity contribution is 9.09. The van der Waals surface area contributed by atoms with E-state index in [-0.39, 0.29) is 11.5 Å². The van der Waals surface area contributed by atoms with Crippen molar-refractivity contribution in [1.82, 2.24) is 5.32 Å². The van der Waals surface area contributed by atoms with E-state index in [0.29, 0.717) is 25.1 Å². The number of hydrogen-bond acceptors (Lipinski definition) is 3. The molecule has 29 heavy (non-hydrogen) atoms. The minimum absolute atomic E-state index is 0.235. The fourth-order valence-electron chi connectivity index (χ4n) is 1.95. The lowest BCUT2D eigenvalue weighted by Crippen LogP contribution is -2.16. The number of nitrogens with one attached hydrogen (secondary N) is 1. The minimum Gasteiger partial charge on any atom is -0.493 e. The fraction of sp³-hybridized carbons (Fsp3) is 0.368. The van der Waals surface area contributed by atoms with Crippen LogP contribution in [0.15, 0.2) is 48.5 Å². The molecule has 0 aliphatic rings. The molecule has 2 aromatic rings. The van der Waals surface area contributed by atoms with Gasteiger partial charge in [-0.2, -0.15) is 26.3 Å². The van der Waals surface area contributed by atoms with Gasteiger partial charge in [-0.1, -0.05) is 28.1 Å². The summed E-state index contributed by atoms with van der Waals surface area (Å²) >= 11 is 3.12. The van der Waals surface area contributed by atoms with Gasteiger partial charge < -0.3 is 14.8 Å². The predicted octanol–water partition coefficient (Wildman–Crippen LogP) is 5.78. The summed E-state index contributed by atoms with van der Waals surface area (Å²) in [6.45, 7) is 1.29. The summed E-state index contributed by atoms with van der Waals surface area (Å²) in [5.41, 5.74) is -1.38. The van der Waals surface area contributed by atoms with Crippen LogP contribution in [-0.2, 0) is 12.4 Å². The topological polar surface area (TPSA) is 30.5 Å². The molecule has 0 radical (unpaired) electrons. The van der Waals surface area contributed by atoms with Crippen LogP contribution >= 0.6 is 15.9 Å². The zero-order chi connectivity index (χ0) is 21.9. The number of halogens is 7. The molecule has 3 nitrogen and oxygen atoms in total. The Morgan fingerprint density at radius 1 is 0.793 bits per heavy atom. The normalized spacial score (nSPS) is 11.4. The van der Waals surface area contributed by atoms with Crippen LogP contribution < -0.4 is 14.8 Å². The van der Waals surface area contributed by atoms with Gasteiger partial charge in [-0.25, -0.2) is 0 Å². The SMILES string of the molecule is CNCCOc1cccc(C(F)(F)F)c1.FC(F)(F)c1cccc(OCCBr)c1. The largest absolute Gasteiger partial charge is 0.493 e. The fourth-order valence-corrected chi connectivity index (χ4v) is 2.11. The lowest BCUT2D eigenvalue weighted by Gasteiger charge is -2.09. The van der Waals surface area contributed by atoms with Crippen molar-refractivity contribution < 1.29 is 35.8 Å². The molecule has 0 unspecified atom stereocenters. The molecular formula is C19H20BrF6NO2. The first-order chi connectivity index (χ1) is 13.6. The molecule has 0 atom stereocenters. The zero-order valence-electron chi connectivity index (χ0n) is 15.4. The van der Waals surface area contributed by atoms with E-state index in [1.165, 1.54) is 24.3 Å². The van der Waals surface area contributed by atoms with E-state index in [4.69, 9.17) is 9.47 Å². The first kappa shape index (κ1) is 25.1. The molecule has 0 aliphatic carbocycles. The van der Waals surface area contributed by atoms with Crippen LogP contribution in [0.2, 0.25) is 0 Å². The molecule has 0 aromatic heterocycles. The maximum Gasteiger partial charge on any atom is 0.416 e. The smallest absolute Gasteiger partial charge is 0.416 e. The Hall–Kier alpha value is -1.94. The van der Waals surface area contributed by atoms with Crippen molar-refractivity contribution in [2.45, 2.75) is 12.4 Å². The number of ether oxygens (including phenoxy) is 2. The summed E-state index contributed by atoms with van der Waals surface area (Å²) in [4.78, 5) is 0. The Balaban J connectivity index is 0.000000291. The van der Waals surface area contributed by atoms with Crippen molar-refractivity contribution in [3.8, 4) is 11.5 Å². The van der Waals surface area contributed by atoms with Gasteiger partial charge in [0.15, 0.2) is 0 Å². The third-order valence-corrected chi connectivity index (χ3v) is 3.61. The number of benzene rings is 2. The quantitative estimate of drug-likeness (QED) is 0.305. The molecule has 0 saturated heterocycles.